The second-order valence-corrected chi connectivity index (χ2v) is 15.2. The number of Topliss-reactive ketones (excluding diaryl/α,β-unsaturated/α-hetero) is 1. The summed E-state index contributed by atoms with van der Waals surface area (Å²) in [5.41, 5.74) is 8.77. The first-order valence-corrected chi connectivity index (χ1v) is 20.2. The molecule has 13 heteroatoms. The zero-order valence-electron chi connectivity index (χ0n) is 31.7. The molecule has 0 radical (unpaired) electrons. The molecule has 4 aromatic rings. The number of para-hydroxylation sites is 2. The second kappa shape index (κ2) is 20.4. The maximum Gasteiger partial charge on any atom is 0.408 e. The van der Waals surface area contributed by atoms with E-state index in [-0.39, 0.29) is 31.6 Å². The largest absolute Gasteiger partial charge is 0.446 e. The number of aromatic nitrogens is 1. The predicted octanol–water partition coefficient (Wildman–Crippen LogP) is 6.91. The van der Waals surface area contributed by atoms with Crippen LogP contribution in [-0.2, 0) is 32.1 Å². The highest BCUT2D eigenvalue weighted by atomic mass is 35.5. The van der Waals surface area contributed by atoms with E-state index < -0.39 is 47.9 Å². The van der Waals surface area contributed by atoms with Crippen LogP contribution in [0.1, 0.15) is 92.4 Å². The van der Waals surface area contributed by atoms with Crippen molar-refractivity contribution in [1.82, 2.24) is 20.5 Å². The Morgan fingerprint density at radius 1 is 0.839 bits per heavy atom. The first kappa shape index (κ1) is 40.9. The quantitative estimate of drug-likeness (QED) is 0.0718. The lowest BCUT2D eigenvalue weighted by molar-refractivity contribution is -0.140. The van der Waals surface area contributed by atoms with Crippen LogP contribution in [0.15, 0.2) is 83.3 Å². The number of rotatable bonds is 18. The Hall–Kier alpha value is -4.78. The summed E-state index contributed by atoms with van der Waals surface area (Å²) in [5, 5.41) is 6.41. The summed E-state index contributed by atoms with van der Waals surface area (Å²) in [6.45, 7) is 0.774. The van der Waals surface area contributed by atoms with E-state index in [1.165, 1.54) is 4.90 Å². The number of ketones is 1. The van der Waals surface area contributed by atoms with Crippen LogP contribution in [0.5, 0.6) is 0 Å². The van der Waals surface area contributed by atoms with E-state index in [0.717, 1.165) is 43.2 Å². The third kappa shape index (κ3) is 11.4. The van der Waals surface area contributed by atoms with E-state index >= 15 is 0 Å². The Labute approximate surface area is 332 Å². The number of nitrogens with two attached hydrogens (primary N) is 1. The van der Waals surface area contributed by atoms with Crippen molar-refractivity contribution in [2.75, 3.05) is 13.1 Å². The minimum absolute atomic E-state index is 0.105. The highest BCUT2D eigenvalue weighted by Crippen LogP contribution is 2.26. The Morgan fingerprint density at radius 3 is 2.32 bits per heavy atom. The molecular formula is C43H52ClN5O7. The summed E-state index contributed by atoms with van der Waals surface area (Å²) in [7, 11) is 0. The van der Waals surface area contributed by atoms with Crippen LogP contribution >= 0.6 is 11.6 Å². The first-order valence-electron chi connectivity index (χ1n) is 19.8. The molecule has 56 heavy (non-hydrogen) atoms. The van der Waals surface area contributed by atoms with Gasteiger partial charge in [-0.2, -0.15) is 0 Å². The number of carbonyl (C=O) groups is 4. The van der Waals surface area contributed by atoms with Gasteiger partial charge >= 0.3 is 6.09 Å². The van der Waals surface area contributed by atoms with Crippen LogP contribution in [0, 0.1) is 0 Å². The molecule has 2 heterocycles. The van der Waals surface area contributed by atoms with Crippen molar-refractivity contribution in [3.05, 3.63) is 101 Å². The van der Waals surface area contributed by atoms with Gasteiger partial charge in [0, 0.05) is 18.0 Å². The molecule has 1 aliphatic heterocycles. The van der Waals surface area contributed by atoms with Gasteiger partial charge in [0.25, 0.3) is 5.89 Å². The lowest BCUT2D eigenvalue weighted by Gasteiger charge is -2.30. The lowest BCUT2D eigenvalue weighted by atomic mass is 9.98. The van der Waals surface area contributed by atoms with Gasteiger partial charge in [0.15, 0.2) is 5.58 Å². The topological polar surface area (TPSA) is 166 Å². The van der Waals surface area contributed by atoms with Gasteiger partial charge in [-0.1, -0.05) is 72.6 Å². The molecule has 3 amide bonds. The van der Waals surface area contributed by atoms with Crippen LogP contribution < -0.4 is 16.4 Å². The van der Waals surface area contributed by atoms with Crippen molar-refractivity contribution in [2.45, 2.75) is 114 Å². The number of halogens is 1. The number of benzene rings is 3. The third-order valence-corrected chi connectivity index (χ3v) is 10.8. The number of amides is 3. The van der Waals surface area contributed by atoms with E-state index in [2.05, 4.69) is 15.6 Å². The maximum absolute atomic E-state index is 14.6. The number of ether oxygens (including phenoxy) is 2. The molecule has 6 rings (SSSR count). The van der Waals surface area contributed by atoms with E-state index in [0.29, 0.717) is 61.2 Å². The second-order valence-electron chi connectivity index (χ2n) is 14.7. The molecule has 1 aromatic heterocycles. The van der Waals surface area contributed by atoms with Crippen molar-refractivity contribution in [3.63, 3.8) is 0 Å². The van der Waals surface area contributed by atoms with E-state index in [4.69, 9.17) is 31.2 Å². The average molecular weight is 786 g/mol. The highest BCUT2D eigenvalue weighted by Gasteiger charge is 2.44. The van der Waals surface area contributed by atoms with Crippen LogP contribution in [0.3, 0.4) is 0 Å². The standard InChI is InChI=1S/C43H52ClN5O7/c44-31-23-21-30(22-24-31)28-54-33-26-37(40(51)46-35(18-9-10-25-45)39(50)41-47-34-17-7-8-20-38(34)56-41)49(27-33)42(52)36(19-11-14-29-12-3-1-4-13-29)48-43(53)55-32-15-5-2-6-16-32/h1,3-4,7-8,12-13,17,20-24,32-33,35-37H,2,5-6,9-11,14-16,18-19,25-28,45H2,(H,46,51)(H,48,53)/t33-,35+,36-,37+/m1/s1. The normalized spacial score (nSPS) is 18.4. The molecule has 1 saturated heterocycles. The summed E-state index contributed by atoms with van der Waals surface area (Å²) >= 11 is 6.09. The molecule has 1 saturated carbocycles. The number of hydrogen-bond acceptors (Lipinski definition) is 9. The van der Waals surface area contributed by atoms with Crippen molar-refractivity contribution < 1.29 is 33.1 Å². The molecule has 298 valence electrons. The molecule has 0 spiro atoms. The van der Waals surface area contributed by atoms with Gasteiger partial charge in [-0.25, -0.2) is 9.78 Å². The van der Waals surface area contributed by atoms with Crippen LogP contribution in [0.25, 0.3) is 11.1 Å². The predicted molar refractivity (Wildman–Crippen MR) is 213 cm³/mol. The number of alkyl carbamates (subject to hydrolysis) is 1. The fourth-order valence-corrected chi connectivity index (χ4v) is 7.61. The number of oxazole rings is 1. The SMILES string of the molecule is NCCCC[C@H](NC(=O)[C@@H]1C[C@@H](OCc2ccc(Cl)cc2)CN1C(=O)[C@@H](CCCc1ccccc1)NC(=O)OC1CCCCC1)C(=O)c1nc2ccccc2o1. The average Bonchev–Trinajstić information content (AvgIpc) is 3.85. The summed E-state index contributed by atoms with van der Waals surface area (Å²) in [6, 6.07) is 21.4. The minimum Gasteiger partial charge on any atom is -0.446 e. The fourth-order valence-electron chi connectivity index (χ4n) is 7.48. The third-order valence-electron chi connectivity index (χ3n) is 10.5. The number of likely N-dealkylation sites (tertiary alicyclic amines) is 1. The molecule has 12 nitrogen and oxygen atoms in total. The van der Waals surface area contributed by atoms with Crippen molar-refractivity contribution in [1.29, 1.82) is 0 Å². The first-order chi connectivity index (χ1) is 27.3. The van der Waals surface area contributed by atoms with Gasteiger partial charge in [0.1, 0.15) is 23.7 Å². The zero-order valence-corrected chi connectivity index (χ0v) is 32.5. The van der Waals surface area contributed by atoms with Crippen molar-refractivity contribution in [2.24, 2.45) is 5.73 Å². The number of nitrogens with zero attached hydrogens (tertiary/aromatic N) is 2. The molecule has 4 N–H and O–H groups in total. The number of carbonyl (C=O) groups excluding carboxylic acids is 4. The lowest BCUT2D eigenvalue weighted by Crippen LogP contribution is -2.55. The molecule has 0 unspecified atom stereocenters. The maximum atomic E-state index is 14.6. The number of unbranched alkanes of at least 4 members (excludes halogenated alkanes) is 1. The molecular weight excluding hydrogens is 734 g/mol. The van der Waals surface area contributed by atoms with Crippen molar-refractivity contribution in [3.8, 4) is 0 Å². The number of nitrogens with one attached hydrogen (secondary N) is 2. The number of fused-ring (bicyclic) bond motifs is 1. The molecule has 4 atom stereocenters. The molecule has 2 aliphatic rings. The minimum atomic E-state index is -0.987. The monoisotopic (exact) mass is 785 g/mol. The van der Waals surface area contributed by atoms with Gasteiger partial charge in [-0.05, 0) is 106 Å². The zero-order chi connectivity index (χ0) is 39.3. The molecule has 1 aliphatic carbocycles. The van der Waals surface area contributed by atoms with Gasteiger partial charge in [-0.3, -0.25) is 14.4 Å². The Bertz CT molecular complexity index is 1870. The van der Waals surface area contributed by atoms with Crippen LogP contribution in [-0.4, -0.2) is 77.0 Å². The summed E-state index contributed by atoms with van der Waals surface area (Å²) in [5.74, 6) is -1.50. The van der Waals surface area contributed by atoms with E-state index in [1.807, 2.05) is 42.5 Å². The van der Waals surface area contributed by atoms with Gasteiger partial charge < -0.3 is 35.2 Å². The number of aryl methyl sites for hydroxylation is 1. The van der Waals surface area contributed by atoms with Crippen LogP contribution in [0.4, 0.5) is 4.79 Å². The van der Waals surface area contributed by atoms with Gasteiger partial charge in [0.05, 0.1) is 18.8 Å². The Kier molecular flexibility index (Phi) is 14.9. The van der Waals surface area contributed by atoms with E-state index in [1.54, 1.807) is 36.4 Å². The fraction of sp³-hybridized carbons (Fsp3) is 0.465. The molecule has 2 fully saturated rings. The highest BCUT2D eigenvalue weighted by molar-refractivity contribution is 6.30. The Morgan fingerprint density at radius 2 is 1.57 bits per heavy atom. The Balaban J connectivity index is 1.22. The smallest absolute Gasteiger partial charge is 0.408 e. The number of hydrogen-bond donors (Lipinski definition) is 3. The molecule has 0 bridgehead atoms. The van der Waals surface area contributed by atoms with Crippen molar-refractivity contribution >= 4 is 46.4 Å². The molecule has 3 aromatic carbocycles. The summed E-state index contributed by atoms with van der Waals surface area (Å²) in [4.78, 5) is 62.0. The van der Waals surface area contributed by atoms with Gasteiger partial charge in [-0.15, -0.1) is 0 Å². The summed E-state index contributed by atoms with van der Waals surface area (Å²) < 4.78 is 17.9. The van der Waals surface area contributed by atoms with E-state index in [9.17, 15) is 19.2 Å². The van der Waals surface area contributed by atoms with Crippen LogP contribution in [0.2, 0.25) is 5.02 Å². The summed E-state index contributed by atoms with van der Waals surface area (Å²) in [6.07, 6.45) is 6.64. The van der Waals surface area contributed by atoms with Gasteiger partial charge in [0.2, 0.25) is 17.6 Å².